The molecule has 1 saturated heterocycles. The van der Waals surface area contributed by atoms with Gasteiger partial charge in [0, 0.05) is 31.1 Å². The highest BCUT2D eigenvalue weighted by molar-refractivity contribution is 5.65. The molecule has 130 valence electrons. The van der Waals surface area contributed by atoms with Gasteiger partial charge in [0.2, 0.25) is 0 Å². The summed E-state index contributed by atoms with van der Waals surface area (Å²) < 4.78 is 11.2. The largest absolute Gasteiger partial charge is 0.378 e. The smallest absolute Gasteiger partial charge is 0.116 e. The van der Waals surface area contributed by atoms with Gasteiger partial charge in [0.15, 0.2) is 0 Å². The minimum Gasteiger partial charge on any atom is -0.378 e. The molecule has 1 fully saturated rings. The summed E-state index contributed by atoms with van der Waals surface area (Å²) in [5, 5.41) is 3.43. The lowest BCUT2D eigenvalue weighted by Gasteiger charge is -2.30. The maximum atomic E-state index is 5.73. The van der Waals surface area contributed by atoms with Crippen molar-refractivity contribution in [2.45, 2.75) is 41.0 Å². The highest BCUT2D eigenvalue weighted by Crippen LogP contribution is 2.27. The van der Waals surface area contributed by atoms with Gasteiger partial charge < -0.3 is 19.7 Å². The predicted octanol–water partition coefficient (Wildman–Crippen LogP) is 3.96. The summed E-state index contributed by atoms with van der Waals surface area (Å²) in [7, 11) is 0. The maximum absolute atomic E-state index is 5.73. The van der Waals surface area contributed by atoms with E-state index in [0.717, 1.165) is 39.3 Å². The Labute approximate surface area is 141 Å². The molecule has 4 nitrogen and oxygen atoms in total. The molecule has 23 heavy (non-hydrogen) atoms. The number of ether oxygens (including phenoxy) is 2. The van der Waals surface area contributed by atoms with Gasteiger partial charge in [-0.05, 0) is 48.9 Å². The summed E-state index contributed by atoms with van der Waals surface area (Å²) in [6.07, 6.45) is 1.07. The summed E-state index contributed by atoms with van der Waals surface area (Å²) in [5.41, 5.74) is 5.35. The van der Waals surface area contributed by atoms with Gasteiger partial charge in [0.25, 0.3) is 0 Å². The van der Waals surface area contributed by atoms with Crippen LogP contribution in [0.2, 0.25) is 0 Å². The van der Waals surface area contributed by atoms with Crippen LogP contribution in [-0.4, -0.2) is 39.6 Å². The van der Waals surface area contributed by atoms with E-state index in [9.17, 15) is 0 Å². The van der Waals surface area contributed by atoms with Crippen molar-refractivity contribution in [2.24, 2.45) is 5.41 Å². The second-order valence-corrected chi connectivity index (χ2v) is 7.59. The summed E-state index contributed by atoms with van der Waals surface area (Å²) >= 11 is 0. The fraction of sp³-hybridized carbons (Fsp3) is 0.684. The average Bonchev–Trinajstić information content (AvgIpc) is 2.49. The van der Waals surface area contributed by atoms with Gasteiger partial charge in [-0.3, -0.25) is 0 Å². The van der Waals surface area contributed by atoms with Gasteiger partial charge in [-0.15, -0.1) is 0 Å². The first-order valence-electron chi connectivity index (χ1n) is 8.62. The molecule has 1 N–H and O–H groups in total. The van der Waals surface area contributed by atoms with Crippen LogP contribution in [0.15, 0.2) is 12.1 Å². The van der Waals surface area contributed by atoms with Crippen LogP contribution in [0.3, 0.4) is 0 Å². The van der Waals surface area contributed by atoms with E-state index in [1.54, 1.807) is 0 Å². The first kappa shape index (κ1) is 18.1. The van der Waals surface area contributed by atoms with E-state index in [2.05, 4.69) is 57.0 Å². The third-order valence-electron chi connectivity index (χ3n) is 4.24. The summed E-state index contributed by atoms with van der Waals surface area (Å²) in [5.74, 6) is 0. The molecule has 1 aromatic rings. The van der Waals surface area contributed by atoms with Crippen molar-refractivity contribution in [3.63, 3.8) is 0 Å². The maximum Gasteiger partial charge on any atom is 0.116 e. The quantitative estimate of drug-likeness (QED) is 0.635. The van der Waals surface area contributed by atoms with Crippen LogP contribution in [0.5, 0.6) is 0 Å². The molecular weight excluding hydrogens is 288 g/mol. The molecule has 1 aliphatic heterocycles. The van der Waals surface area contributed by atoms with Crippen LogP contribution in [0.25, 0.3) is 0 Å². The fourth-order valence-electron chi connectivity index (χ4n) is 2.80. The fourth-order valence-corrected chi connectivity index (χ4v) is 2.80. The molecule has 1 aromatic carbocycles. The Morgan fingerprint density at radius 3 is 2.30 bits per heavy atom. The molecule has 0 aliphatic carbocycles. The summed E-state index contributed by atoms with van der Waals surface area (Å²) in [4.78, 5) is 2.40. The van der Waals surface area contributed by atoms with Crippen molar-refractivity contribution in [3.8, 4) is 0 Å². The Kier molecular flexibility index (Phi) is 6.31. The van der Waals surface area contributed by atoms with Crippen molar-refractivity contribution < 1.29 is 9.47 Å². The molecule has 0 saturated carbocycles. The number of hydrogen-bond donors (Lipinski definition) is 1. The number of anilines is 2. The molecule has 0 bridgehead atoms. The zero-order chi connectivity index (χ0) is 16.9. The standard InChI is InChI=1S/C19H32N2O2/c1-15-12-17(21-7-10-22-11-8-21)13-16(2)18(15)20-14-23-9-6-19(3,4)5/h12-13,20H,6-11,14H2,1-5H3. The molecule has 0 atom stereocenters. The second-order valence-electron chi connectivity index (χ2n) is 7.59. The number of benzene rings is 1. The predicted molar refractivity (Wildman–Crippen MR) is 97.5 cm³/mol. The van der Waals surface area contributed by atoms with E-state index in [4.69, 9.17) is 9.47 Å². The minimum absolute atomic E-state index is 0.325. The third kappa shape index (κ3) is 5.70. The Bertz CT molecular complexity index is 480. The van der Waals surface area contributed by atoms with Crippen molar-refractivity contribution in [1.29, 1.82) is 0 Å². The topological polar surface area (TPSA) is 33.7 Å². The molecule has 0 aromatic heterocycles. The van der Waals surface area contributed by atoms with Gasteiger partial charge in [-0.1, -0.05) is 20.8 Å². The number of hydrogen-bond acceptors (Lipinski definition) is 4. The van der Waals surface area contributed by atoms with E-state index >= 15 is 0 Å². The molecule has 4 heteroatoms. The lowest BCUT2D eigenvalue weighted by Crippen LogP contribution is -2.36. The molecule has 0 unspecified atom stereocenters. The zero-order valence-corrected chi connectivity index (χ0v) is 15.4. The molecular formula is C19H32N2O2. The molecule has 0 radical (unpaired) electrons. The highest BCUT2D eigenvalue weighted by Gasteiger charge is 2.14. The number of aryl methyl sites for hydroxylation is 2. The lowest BCUT2D eigenvalue weighted by atomic mass is 9.93. The number of morpholine rings is 1. The van der Waals surface area contributed by atoms with Crippen molar-refractivity contribution in [1.82, 2.24) is 0 Å². The number of nitrogens with zero attached hydrogens (tertiary/aromatic N) is 1. The van der Waals surface area contributed by atoms with Crippen LogP contribution >= 0.6 is 0 Å². The number of nitrogens with one attached hydrogen (secondary N) is 1. The SMILES string of the molecule is Cc1cc(N2CCOCC2)cc(C)c1NCOCCC(C)(C)C. The third-order valence-corrected chi connectivity index (χ3v) is 4.24. The van der Waals surface area contributed by atoms with Crippen LogP contribution in [0.4, 0.5) is 11.4 Å². The van der Waals surface area contributed by atoms with Crippen molar-refractivity contribution in [2.75, 3.05) is 49.9 Å². The van der Waals surface area contributed by atoms with Gasteiger partial charge in [-0.25, -0.2) is 0 Å². The number of rotatable bonds is 6. The zero-order valence-electron chi connectivity index (χ0n) is 15.4. The van der Waals surface area contributed by atoms with E-state index in [0.29, 0.717) is 12.1 Å². The van der Waals surface area contributed by atoms with Crippen molar-refractivity contribution >= 4 is 11.4 Å². The normalized spacial score (nSPS) is 15.8. The van der Waals surface area contributed by atoms with E-state index in [-0.39, 0.29) is 0 Å². The summed E-state index contributed by atoms with van der Waals surface area (Å²) in [6.45, 7) is 16.0. The minimum atomic E-state index is 0.325. The highest BCUT2D eigenvalue weighted by atomic mass is 16.5. The average molecular weight is 320 g/mol. The van der Waals surface area contributed by atoms with Crippen molar-refractivity contribution in [3.05, 3.63) is 23.3 Å². The van der Waals surface area contributed by atoms with E-state index in [1.165, 1.54) is 22.5 Å². The molecule has 0 amide bonds. The van der Waals surface area contributed by atoms with Crippen LogP contribution in [-0.2, 0) is 9.47 Å². The van der Waals surface area contributed by atoms with E-state index < -0.39 is 0 Å². The van der Waals surface area contributed by atoms with Gasteiger partial charge in [0.1, 0.15) is 6.73 Å². The van der Waals surface area contributed by atoms with Gasteiger partial charge in [-0.2, -0.15) is 0 Å². The van der Waals surface area contributed by atoms with E-state index in [1.807, 2.05) is 0 Å². The first-order valence-corrected chi connectivity index (χ1v) is 8.62. The molecule has 0 spiro atoms. The Balaban J connectivity index is 1.89. The Morgan fingerprint density at radius 1 is 1.13 bits per heavy atom. The molecule has 2 rings (SSSR count). The Morgan fingerprint density at radius 2 is 1.74 bits per heavy atom. The van der Waals surface area contributed by atoms with Crippen LogP contribution in [0, 0.1) is 19.3 Å². The van der Waals surface area contributed by atoms with Gasteiger partial charge in [0.05, 0.1) is 13.2 Å². The molecule has 1 aliphatic rings. The first-order chi connectivity index (χ1) is 10.9. The van der Waals surface area contributed by atoms with Gasteiger partial charge >= 0.3 is 0 Å². The van der Waals surface area contributed by atoms with Crippen LogP contribution < -0.4 is 10.2 Å². The summed E-state index contributed by atoms with van der Waals surface area (Å²) in [6, 6.07) is 4.52. The molecule has 1 heterocycles. The second kappa shape index (κ2) is 8.02. The monoisotopic (exact) mass is 320 g/mol. The van der Waals surface area contributed by atoms with Crippen LogP contribution in [0.1, 0.15) is 38.3 Å². The lowest BCUT2D eigenvalue weighted by molar-refractivity contribution is 0.122. The Hall–Kier alpha value is -1.26.